The first-order valence-electron chi connectivity index (χ1n) is 3.74. The first-order chi connectivity index (χ1) is 6.97. The molecule has 0 aliphatic heterocycles. The second kappa shape index (κ2) is 5.24. The third-order valence-corrected chi connectivity index (χ3v) is 2.02. The molecule has 88 valence electrons. The van der Waals surface area contributed by atoms with E-state index in [0.29, 0.717) is 0 Å². The molecule has 8 nitrogen and oxygen atoms in total. The number of nitrogens with zero attached hydrogens (tertiary/aromatic N) is 2. The van der Waals surface area contributed by atoms with Crippen LogP contribution in [-0.2, 0) is 5.88 Å². The Kier molecular flexibility index (Phi) is 4.60. The third kappa shape index (κ3) is 2.55. The van der Waals surface area contributed by atoms with Crippen molar-refractivity contribution in [1.82, 2.24) is 0 Å². The van der Waals surface area contributed by atoms with E-state index >= 15 is 0 Å². The highest BCUT2D eigenvalue weighted by Gasteiger charge is 2.25. The van der Waals surface area contributed by atoms with Crippen molar-refractivity contribution in [3.05, 3.63) is 37.9 Å². The van der Waals surface area contributed by atoms with Crippen molar-refractivity contribution in [2.75, 3.05) is 5.73 Å². The fourth-order valence-electron chi connectivity index (χ4n) is 1.13. The van der Waals surface area contributed by atoms with Crippen LogP contribution in [0.25, 0.3) is 0 Å². The zero-order valence-corrected chi connectivity index (χ0v) is 8.60. The number of rotatable bonds is 3. The second-order valence-electron chi connectivity index (χ2n) is 2.69. The number of anilines is 1. The Morgan fingerprint density at radius 1 is 1.19 bits per heavy atom. The average Bonchev–Trinajstić information content (AvgIpc) is 2.16. The van der Waals surface area contributed by atoms with Gasteiger partial charge in [-0.1, -0.05) is 0 Å². The van der Waals surface area contributed by atoms with Gasteiger partial charge in [-0.3, -0.25) is 20.2 Å². The van der Waals surface area contributed by atoms with Gasteiger partial charge in [-0.05, 0) is 0 Å². The molecule has 0 fully saturated rings. The van der Waals surface area contributed by atoms with Crippen molar-refractivity contribution in [3.8, 4) is 0 Å². The van der Waals surface area contributed by atoms with Crippen LogP contribution in [0, 0.1) is 20.2 Å². The van der Waals surface area contributed by atoms with Gasteiger partial charge in [-0.15, -0.1) is 11.6 Å². The first kappa shape index (κ1) is 14.1. The molecule has 0 saturated heterocycles. The number of nitrogens with two attached hydrogens (primary N) is 1. The standard InChI is InChI=1S/C7H6ClN3O4.H2O/c8-3-5-6(10(12)13)1-4(9)2-7(5)11(14)15;/h1-2H,3,9H2;1H2. The Hall–Kier alpha value is -1.93. The normalized spacial score (nSPS) is 9.31. The summed E-state index contributed by atoms with van der Waals surface area (Å²) in [5.41, 5.74) is 4.26. The zero-order chi connectivity index (χ0) is 11.6. The van der Waals surface area contributed by atoms with Crippen LogP contribution in [0.1, 0.15) is 5.56 Å². The first-order valence-corrected chi connectivity index (χ1v) is 4.28. The van der Waals surface area contributed by atoms with E-state index in [0.717, 1.165) is 12.1 Å². The smallest absolute Gasteiger partial charge is 0.282 e. The SMILES string of the molecule is Nc1cc([N+](=O)[O-])c(CCl)c([N+](=O)[O-])c1.O. The molecule has 0 atom stereocenters. The number of nitrogen functional groups attached to an aromatic ring is 1. The molecule has 0 radical (unpaired) electrons. The highest BCUT2D eigenvalue weighted by atomic mass is 35.5. The summed E-state index contributed by atoms with van der Waals surface area (Å²) in [6.07, 6.45) is 0. The maximum Gasteiger partial charge on any atom is 0.282 e. The summed E-state index contributed by atoms with van der Waals surface area (Å²) in [5, 5.41) is 21.2. The molecular weight excluding hydrogens is 242 g/mol. The fourth-order valence-corrected chi connectivity index (χ4v) is 1.40. The highest BCUT2D eigenvalue weighted by molar-refractivity contribution is 6.17. The maximum absolute atomic E-state index is 10.6. The predicted octanol–water partition coefficient (Wildman–Crippen LogP) is 0.999. The van der Waals surface area contributed by atoms with E-state index in [4.69, 9.17) is 17.3 Å². The van der Waals surface area contributed by atoms with E-state index in [1.54, 1.807) is 0 Å². The molecule has 0 bridgehead atoms. The lowest BCUT2D eigenvalue weighted by Crippen LogP contribution is -2.01. The number of hydrogen-bond donors (Lipinski definition) is 1. The molecule has 0 aliphatic rings. The van der Waals surface area contributed by atoms with Gasteiger partial charge in [0.2, 0.25) is 0 Å². The van der Waals surface area contributed by atoms with E-state index < -0.39 is 21.2 Å². The molecule has 0 heterocycles. The van der Waals surface area contributed by atoms with E-state index in [1.165, 1.54) is 0 Å². The summed E-state index contributed by atoms with van der Waals surface area (Å²) < 4.78 is 0. The van der Waals surface area contributed by atoms with Gasteiger partial charge in [0.1, 0.15) is 5.56 Å². The van der Waals surface area contributed by atoms with Crippen molar-refractivity contribution in [2.45, 2.75) is 5.88 Å². The molecule has 0 amide bonds. The minimum absolute atomic E-state index is 0. The van der Waals surface area contributed by atoms with E-state index in [9.17, 15) is 20.2 Å². The minimum atomic E-state index is -0.749. The van der Waals surface area contributed by atoms with Crippen LogP contribution in [0.4, 0.5) is 17.1 Å². The number of nitro benzene ring substituents is 2. The van der Waals surface area contributed by atoms with Gasteiger partial charge in [0.25, 0.3) is 11.4 Å². The summed E-state index contributed by atoms with van der Waals surface area (Å²) in [4.78, 5) is 19.7. The summed E-state index contributed by atoms with van der Waals surface area (Å²) >= 11 is 5.43. The van der Waals surface area contributed by atoms with Crippen LogP contribution >= 0.6 is 11.6 Å². The Labute approximate surface area is 94.2 Å². The molecule has 0 spiro atoms. The van der Waals surface area contributed by atoms with Gasteiger partial charge in [0, 0.05) is 17.8 Å². The van der Waals surface area contributed by atoms with Crippen LogP contribution in [0.2, 0.25) is 0 Å². The molecule has 1 aromatic carbocycles. The van der Waals surface area contributed by atoms with Crippen molar-refractivity contribution in [2.24, 2.45) is 0 Å². The number of benzene rings is 1. The number of nitro groups is 2. The van der Waals surface area contributed by atoms with Gasteiger partial charge in [-0.25, -0.2) is 0 Å². The van der Waals surface area contributed by atoms with Crippen LogP contribution in [-0.4, -0.2) is 15.3 Å². The van der Waals surface area contributed by atoms with Crippen LogP contribution in [0.15, 0.2) is 12.1 Å². The second-order valence-corrected chi connectivity index (χ2v) is 2.95. The summed E-state index contributed by atoms with van der Waals surface area (Å²) in [5.74, 6) is -0.313. The Balaban J connectivity index is 0.00000225. The van der Waals surface area contributed by atoms with E-state index in [2.05, 4.69) is 0 Å². The lowest BCUT2D eigenvalue weighted by molar-refractivity contribution is -0.395. The van der Waals surface area contributed by atoms with Gasteiger partial charge in [-0.2, -0.15) is 0 Å². The summed E-state index contributed by atoms with van der Waals surface area (Å²) in [7, 11) is 0. The monoisotopic (exact) mass is 249 g/mol. The molecule has 4 N–H and O–H groups in total. The van der Waals surface area contributed by atoms with E-state index in [1.807, 2.05) is 0 Å². The lowest BCUT2D eigenvalue weighted by Gasteiger charge is -2.01. The number of alkyl halides is 1. The average molecular weight is 250 g/mol. The Morgan fingerprint density at radius 2 is 1.56 bits per heavy atom. The topological polar surface area (TPSA) is 144 Å². The van der Waals surface area contributed by atoms with Gasteiger partial charge in [0.15, 0.2) is 0 Å². The van der Waals surface area contributed by atoms with Gasteiger partial charge in [0.05, 0.1) is 15.7 Å². The van der Waals surface area contributed by atoms with Crippen LogP contribution in [0.3, 0.4) is 0 Å². The zero-order valence-electron chi connectivity index (χ0n) is 7.84. The molecule has 1 aromatic rings. The third-order valence-electron chi connectivity index (χ3n) is 1.75. The maximum atomic E-state index is 10.6. The summed E-state index contributed by atoms with van der Waals surface area (Å²) in [6.45, 7) is 0. The van der Waals surface area contributed by atoms with Crippen molar-refractivity contribution in [3.63, 3.8) is 0 Å². The lowest BCUT2D eigenvalue weighted by atomic mass is 10.1. The fraction of sp³-hybridized carbons (Fsp3) is 0.143. The van der Waals surface area contributed by atoms with Crippen molar-refractivity contribution in [1.29, 1.82) is 0 Å². The van der Waals surface area contributed by atoms with Gasteiger partial charge >= 0.3 is 0 Å². The largest absolute Gasteiger partial charge is 0.412 e. The Morgan fingerprint density at radius 3 is 1.81 bits per heavy atom. The van der Waals surface area contributed by atoms with Gasteiger partial charge < -0.3 is 11.2 Å². The van der Waals surface area contributed by atoms with Crippen molar-refractivity contribution < 1.29 is 15.3 Å². The number of halogens is 1. The molecule has 9 heteroatoms. The molecular formula is C7H8ClN3O5. The summed E-state index contributed by atoms with van der Waals surface area (Å²) in [6, 6.07) is 2.09. The minimum Gasteiger partial charge on any atom is -0.412 e. The quantitative estimate of drug-likeness (QED) is 0.368. The molecule has 0 aliphatic carbocycles. The molecule has 0 saturated carbocycles. The van der Waals surface area contributed by atoms with E-state index in [-0.39, 0.29) is 22.6 Å². The van der Waals surface area contributed by atoms with Crippen molar-refractivity contribution >= 4 is 28.7 Å². The molecule has 0 unspecified atom stereocenters. The molecule has 16 heavy (non-hydrogen) atoms. The number of hydrogen-bond acceptors (Lipinski definition) is 5. The molecule has 0 aromatic heterocycles. The van der Waals surface area contributed by atoms with Crippen LogP contribution in [0.5, 0.6) is 0 Å². The highest BCUT2D eigenvalue weighted by Crippen LogP contribution is 2.32. The predicted molar refractivity (Wildman–Crippen MR) is 57.3 cm³/mol. The Bertz CT molecular complexity index is 401. The molecule has 1 rings (SSSR count). The van der Waals surface area contributed by atoms with Crippen LogP contribution < -0.4 is 5.73 Å².